The predicted molar refractivity (Wildman–Crippen MR) is 83.2 cm³/mol. The molecule has 0 saturated carbocycles. The molecule has 0 unspecified atom stereocenters. The van der Waals surface area contributed by atoms with Gasteiger partial charge in [0.25, 0.3) is 5.91 Å². The van der Waals surface area contributed by atoms with Gasteiger partial charge in [-0.25, -0.2) is 0 Å². The number of ether oxygens (including phenoxy) is 3. The summed E-state index contributed by atoms with van der Waals surface area (Å²) in [6.07, 6.45) is 1.65. The van der Waals surface area contributed by atoms with E-state index in [1.54, 1.807) is 50.6 Å². The molecule has 22 heavy (non-hydrogen) atoms. The molecule has 0 aliphatic carbocycles. The molecular weight excluding hydrogens is 282 g/mol. The Labute approximate surface area is 128 Å². The number of hydrogen-bond acceptors (Lipinski definition) is 4. The number of nitrogens with one attached hydrogen (secondary N) is 1. The molecule has 112 valence electrons. The van der Waals surface area contributed by atoms with Crippen molar-refractivity contribution in [1.29, 1.82) is 0 Å². The van der Waals surface area contributed by atoms with Gasteiger partial charge in [-0.05, 0) is 35.9 Å². The molecule has 1 aliphatic rings. The van der Waals surface area contributed by atoms with E-state index in [-0.39, 0.29) is 11.7 Å². The van der Waals surface area contributed by atoms with E-state index >= 15 is 0 Å². The molecule has 0 radical (unpaired) electrons. The molecule has 1 aliphatic heterocycles. The molecule has 0 spiro atoms. The van der Waals surface area contributed by atoms with Gasteiger partial charge in [0.05, 0.1) is 19.9 Å². The molecular formula is C17H15NO4. The molecule has 0 atom stereocenters. The van der Waals surface area contributed by atoms with Gasteiger partial charge in [0.2, 0.25) is 0 Å². The summed E-state index contributed by atoms with van der Waals surface area (Å²) in [5.74, 6) is 1.82. The quantitative estimate of drug-likeness (QED) is 0.885. The van der Waals surface area contributed by atoms with Crippen LogP contribution in [0.2, 0.25) is 0 Å². The summed E-state index contributed by atoms with van der Waals surface area (Å²) in [7, 11) is 3.15. The molecule has 0 saturated heterocycles. The molecule has 5 nitrogen and oxygen atoms in total. The fourth-order valence-electron chi connectivity index (χ4n) is 2.17. The Morgan fingerprint density at radius 3 is 2.41 bits per heavy atom. The number of fused-ring (bicyclic) bond motifs is 1. The zero-order valence-corrected chi connectivity index (χ0v) is 12.3. The van der Waals surface area contributed by atoms with Crippen LogP contribution >= 0.6 is 0 Å². The van der Waals surface area contributed by atoms with Gasteiger partial charge < -0.3 is 19.5 Å². The van der Waals surface area contributed by atoms with E-state index < -0.39 is 0 Å². The first-order valence-corrected chi connectivity index (χ1v) is 6.72. The second-order valence-electron chi connectivity index (χ2n) is 4.71. The van der Waals surface area contributed by atoms with Gasteiger partial charge >= 0.3 is 0 Å². The number of hydrogen-bond donors (Lipinski definition) is 1. The smallest absolute Gasteiger partial charge is 0.291 e. The number of anilines is 1. The summed E-state index contributed by atoms with van der Waals surface area (Å²) >= 11 is 0. The summed E-state index contributed by atoms with van der Waals surface area (Å²) in [5, 5.41) is 2.79. The summed E-state index contributed by atoms with van der Waals surface area (Å²) in [5.41, 5.74) is 1.41. The van der Waals surface area contributed by atoms with Gasteiger partial charge in [-0.15, -0.1) is 0 Å². The second-order valence-corrected chi connectivity index (χ2v) is 4.71. The standard InChI is InChI=1S/C17H15NO4/c1-20-12-7-11(8-13(10-12)21-2)9-16-17(19)18-14-5-3-4-6-15(14)22-16/h3-10H,1-2H3,(H,18,19). The third-order valence-corrected chi connectivity index (χ3v) is 3.25. The lowest BCUT2D eigenvalue weighted by Gasteiger charge is -2.19. The van der Waals surface area contributed by atoms with Gasteiger partial charge in [-0.2, -0.15) is 0 Å². The SMILES string of the molecule is COc1cc(C=C2Oc3ccccc3NC2=O)cc(OC)c1. The van der Waals surface area contributed by atoms with Crippen LogP contribution in [0.3, 0.4) is 0 Å². The van der Waals surface area contributed by atoms with Crippen LogP contribution in [-0.4, -0.2) is 20.1 Å². The van der Waals surface area contributed by atoms with E-state index in [4.69, 9.17) is 14.2 Å². The molecule has 1 N–H and O–H groups in total. The fourth-order valence-corrected chi connectivity index (χ4v) is 2.17. The van der Waals surface area contributed by atoms with Crippen molar-refractivity contribution in [2.45, 2.75) is 0 Å². The van der Waals surface area contributed by atoms with Crippen molar-refractivity contribution in [3.8, 4) is 17.2 Å². The van der Waals surface area contributed by atoms with Crippen molar-refractivity contribution in [3.63, 3.8) is 0 Å². The zero-order chi connectivity index (χ0) is 15.5. The zero-order valence-electron chi connectivity index (χ0n) is 12.3. The van der Waals surface area contributed by atoms with E-state index in [0.717, 1.165) is 5.56 Å². The van der Waals surface area contributed by atoms with Crippen molar-refractivity contribution in [2.24, 2.45) is 0 Å². The van der Waals surface area contributed by atoms with Crippen LogP contribution in [0.15, 0.2) is 48.2 Å². The number of carbonyl (C=O) groups is 1. The Hall–Kier alpha value is -2.95. The van der Waals surface area contributed by atoms with E-state index in [2.05, 4.69) is 5.32 Å². The van der Waals surface area contributed by atoms with Gasteiger partial charge in [0, 0.05) is 6.07 Å². The maximum Gasteiger partial charge on any atom is 0.291 e. The van der Waals surface area contributed by atoms with E-state index in [9.17, 15) is 4.79 Å². The number of rotatable bonds is 3. The Kier molecular flexibility index (Phi) is 3.70. The minimum Gasteiger partial charge on any atom is -0.497 e. The van der Waals surface area contributed by atoms with Crippen molar-refractivity contribution in [1.82, 2.24) is 0 Å². The first-order valence-electron chi connectivity index (χ1n) is 6.72. The summed E-state index contributed by atoms with van der Waals surface area (Å²) < 4.78 is 16.1. The lowest BCUT2D eigenvalue weighted by atomic mass is 10.1. The minimum absolute atomic E-state index is 0.217. The number of carbonyl (C=O) groups excluding carboxylic acids is 1. The second kappa shape index (κ2) is 5.81. The van der Waals surface area contributed by atoms with Crippen LogP contribution in [0.1, 0.15) is 5.56 Å². The highest BCUT2D eigenvalue weighted by atomic mass is 16.5. The lowest BCUT2D eigenvalue weighted by molar-refractivity contribution is -0.115. The fraction of sp³-hybridized carbons (Fsp3) is 0.118. The maximum atomic E-state index is 12.1. The molecule has 0 aromatic heterocycles. The predicted octanol–water partition coefficient (Wildman–Crippen LogP) is 3.08. The summed E-state index contributed by atoms with van der Waals surface area (Å²) in [4.78, 5) is 12.1. The van der Waals surface area contributed by atoms with Crippen LogP contribution in [0.4, 0.5) is 5.69 Å². The Balaban J connectivity index is 1.97. The number of amides is 1. The van der Waals surface area contributed by atoms with Crippen LogP contribution in [0.25, 0.3) is 6.08 Å². The van der Waals surface area contributed by atoms with Crippen molar-refractivity contribution >= 4 is 17.7 Å². The lowest BCUT2D eigenvalue weighted by Crippen LogP contribution is -2.23. The van der Waals surface area contributed by atoms with E-state index in [1.165, 1.54) is 0 Å². The van der Waals surface area contributed by atoms with Gasteiger partial charge in [-0.3, -0.25) is 4.79 Å². The monoisotopic (exact) mass is 297 g/mol. The number of para-hydroxylation sites is 2. The average Bonchev–Trinajstić information content (AvgIpc) is 2.55. The molecule has 2 aromatic carbocycles. The number of methoxy groups -OCH3 is 2. The molecule has 1 heterocycles. The highest BCUT2D eigenvalue weighted by Gasteiger charge is 2.21. The van der Waals surface area contributed by atoms with Crippen molar-refractivity contribution in [2.75, 3.05) is 19.5 Å². The van der Waals surface area contributed by atoms with E-state index in [0.29, 0.717) is 22.9 Å². The van der Waals surface area contributed by atoms with Gasteiger partial charge in [-0.1, -0.05) is 12.1 Å². The van der Waals surface area contributed by atoms with Gasteiger partial charge in [0.15, 0.2) is 11.5 Å². The van der Waals surface area contributed by atoms with Crippen molar-refractivity contribution < 1.29 is 19.0 Å². The number of benzene rings is 2. The topological polar surface area (TPSA) is 56.8 Å². The molecule has 0 bridgehead atoms. The minimum atomic E-state index is -0.291. The van der Waals surface area contributed by atoms with Crippen molar-refractivity contribution in [3.05, 3.63) is 53.8 Å². The first-order chi connectivity index (χ1) is 10.7. The summed E-state index contributed by atoms with van der Waals surface area (Å²) in [6.45, 7) is 0. The summed E-state index contributed by atoms with van der Waals surface area (Å²) in [6, 6.07) is 12.6. The Bertz CT molecular complexity index is 730. The maximum absolute atomic E-state index is 12.1. The average molecular weight is 297 g/mol. The molecule has 3 rings (SSSR count). The first kappa shape index (κ1) is 14.0. The Morgan fingerprint density at radius 2 is 1.73 bits per heavy atom. The highest BCUT2D eigenvalue weighted by Crippen LogP contribution is 2.31. The molecule has 1 amide bonds. The largest absolute Gasteiger partial charge is 0.497 e. The van der Waals surface area contributed by atoms with Crippen LogP contribution < -0.4 is 19.5 Å². The Morgan fingerprint density at radius 1 is 1.05 bits per heavy atom. The molecule has 5 heteroatoms. The third-order valence-electron chi connectivity index (χ3n) is 3.25. The molecule has 2 aromatic rings. The third kappa shape index (κ3) is 2.74. The van der Waals surface area contributed by atoms with Crippen LogP contribution in [-0.2, 0) is 4.79 Å². The molecule has 0 fully saturated rings. The van der Waals surface area contributed by atoms with Crippen LogP contribution in [0.5, 0.6) is 17.2 Å². The van der Waals surface area contributed by atoms with Crippen LogP contribution in [0, 0.1) is 0 Å². The van der Waals surface area contributed by atoms with Gasteiger partial charge in [0.1, 0.15) is 11.5 Å². The highest BCUT2D eigenvalue weighted by molar-refractivity contribution is 6.08. The normalized spacial score (nSPS) is 14.8. The van der Waals surface area contributed by atoms with E-state index in [1.807, 2.05) is 12.1 Å².